The van der Waals surface area contributed by atoms with E-state index in [0.717, 1.165) is 22.3 Å². The monoisotopic (exact) mass is 1280 g/mol. The standard InChI is InChI=1S/C62H78Cl2N14O12/c1-37(65-5)53(79)67-51(57(81)77-23-11-17-49(77)55-69-61(35-89-55,59(83)85-7)27-43-13-9-15-45(63)25-43)39(3)87-33-47-31-75(73-71-47)29-41-19-21-42(22-20-41)30-76-32-48(72-74-76)34-88-40(4)52(68-54(80)38(2)66-6)58(82)78-24-12-18-50(78)56-70-62(36-90-56,60(84)86-8)28-44-14-10-16-46(64)26-44/h9-10,13-16,19-22,25-26,31-32,37-40,49-52,65-66H,11-12,17-18,23-24,27-30,33-36H2,1-8H3,(H,67,79)(H,68,80)/t37-,38-,39+,40+,49-,50-,51-,52?,61+,62+/m0/s1. The molecule has 2 fully saturated rings. The first-order valence-electron chi connectivity index (χ1n) is 30.0. The lowest BCUT2D eigenvalue weighted by Crippen LogP contribution is -2.58. The van der Waals surface area contributed by atoms with Gasteiger partial charge in [-0.1, -0.05) is 82.2 Å². The average Bonchev–Trinajstić information content (AvgIpc) is 1.82. The lowest BCUT2D eigenvalue weighted by atomic mass is 9.92. The van der Waals surface area contributed by atoms with Crippen molar-refractivity contribution in [3.05, 3.63) is 129 Å². The van der Waals surface area contributed by atoms with E-state index in [4.69, 9.17) is 61.6 Å². The predicted molar refractivity (Wildman–Crippen MR) is 330 cm³/mol. The number of likely N-dealkylation sites (tertiary alicyclic amines) is 2. The first-order chi connectivity index (χ1) is 43.2. The zero-order valence-corrected chi connectivity index (χ0v) is 53.2. The zero-order valence-electron chi connectivity index (χ0n) is 51.7. The number of ether oxygens (including phenoxy) is 6. The second kappa shape index (κ2) is 29.8. The van der Waals surface area contributed by atoms with Gasteiger partial charge in [-0.25, -0.2) is 28.9 Å². The third kappa shape index (κ3) is 15.8. The lowest BCUT2D eigenvalue weighted by molar-refractivity contribution is -0.148. The highest BCUT2D eigenvalue weighted by molar-refractivity contribution is 6.31. The van der Waals surface area contributed by atoms with Crippen LogP contribution in [0.4, 0.5) is 0 Å². The number of amides is 4. The van der Waals surface area contributed by atoms with Crippen molar-refractivity contribution in [1.29, 1.82) is 0 Å². The number of hydrogen-bond acceptors (Lipinski definition) is 20. The number of benzene rings is 3. The third-order valence-corrected chi connectivity index (χ3v) is 17.2. The molecule has 2 saturated heterocycles. The second-order valence-electron chi connectivity index (χ2n) is 23.2. The fourth-order valence-electron chi connectivity index (χ4n) is 11.4. The molecule has 90 heavy (non-hydrogen) atoms. The minimum absolute atomic E-state index is 0.0131. The van der Waals surface area contributed by atoms with Crippen molar-refractivity contribution in [3.8, 4) is 0 Å². The molecular formula is C62H78Cl2N14O12. The number of aromatic nitrogens is 6. The van der Waals surface area contributed by atoms with Crippen LogP contribution in [0.2, 0.25) is 10.0 Å². The van der Waals surface area contributed by atoms with Crippen molar-refractivity contribution in [1.82, 2.24) is 61.1 Å². The number of halogens is 2. The van der Waals surface area contributed by atoms with Gasteiger partial charge in [-0.15, -0.1) is 10.2 Å². The van der Waals surface area contributed by atoms with Gasteiger partial charge in [0.15, 0.2) is 11.1 Å². The van der Waals surface area contributed by atoms with Crippen molar-refractivity contribution in [2.75, 3.05) is 54.6 Å². The number of carbonyl (C=O) groups excluding carboxylic acids is 6. The Kier molecular flexibility index (Phi) is 22.1. The number of rotatable bonds is 28. The van der Waals surface area contributed by atoms with E-state index in [9.17, 15) is 28.8 Å². The molecular weight excluding hydrogens is 1200 g/mol. The Balaban J connectivity index is 0.787. The number of hydrogen-bond donors (Lipinski definition) is 4. The Bertz CT molecular complexity index is 3220. The molecule has 5 aromatic rings. The van der Waals surface area contributed by atoms with E-state index in [-0.39, 0.29) is 51.1 Å². The molecule has 3 aromatic carbocycles. The molecule has 4 aliphatic heterocycles. The molecule has 0 spiro atoms. The van der Waals surface area contributed by atoms with Crippen molar-refractivity contribution >= 4 is 70.6 Å². The molecule has 9 rings (SSSR count). The average molecular weight is 1280 g/mol. The topological polar surface area (TPSA) is 299 Å². The summed E-state index contributed by atoms with van der Waals surface area (Å²) in [6, 6.07) is 17.5. The van der Waals surface area contributed by atoms with Gasteiger partial charge in [0, 0.05) is 36.0 Å². The molecule has 0 aliphatic carbocycles. The third-order valence-electron chi connectivity index (χ3n) is 16.7. The van der Waals surface area contributed by atoms with Gasteiger partial charge in [0.1, 0.15) is 48.8 Å². The molecule has 4 amide bonds. The fraction of sp³-hybridized carbons (Fsp3) is 0.516. The Morgan fingerprint density at radius 2 is 1.00 bits per heavy atom. The van der Waals surface area contributed by atoms with Crippen molar-refractivity contribution in [2.45, 2.75) is 152 Å². The summed E-state index contributed by atoms with van der Waals surface area (Å²) in [6.45, 7) is 8.12. The molecule has 0 bridgehead atoms. The van der Waals surface area contributed by atoms with E-state index in [2.05, 4.69) is 41.9 Å². The van der Waals surface area contributed by atoms with Gasteiger partial charge in [-0.05, 0) is 114 Å². The molecule has 0 saturated carbocycles. The van der Waals surface area contributed by atoms with Crippen LogP contribution < -0.4 is 21.3 Å². The summed E-state index contributed by atoms with van der Waals surface area (Å²) in [5.74, 6) is -2.24. The van der Waals surface area contributed by atoms with E-state index < -0.39 is 95.1 Å². The highest BCUT2D eigenvalue weighted by atomic mass is 35.5. The maximum atomic E-state index is 14.6. The molecule has 482 valence electrons. The number of esters is 2. The summed E-state index contributed by atoms with van der Waals surface area (Å²) in [5, 5.41) is 30.0. The molecule has 4 N–H and O–H groups in total. The van der Waals surface area contributed by atoms with E-state index >= 15 is 0 Å². The molecule has 2 aromatic heterocycles. The van der Waals surface area contributed by atoms with Crippen LogP contribution in [0.5, 0.6) is 0 Å². The highest BCUT2D eigenvalue weighted by Crippen LogP contribution is 2.34. The Hall–Kier alpha value is -7.88. The second-order valence-corrected chi connectivity index (χ2v) is 24.0. The van der Waals surface area contributed by atoms with Crippen LogP contribution in [-0.4, -0.2) is 201 Å². The summed E-state index contributed by atoms with van der Waals surface area (Å²) >= 11 is 12.5. The van der Waals surface area contributed by atoms with Gasteiger partial charge in [0.25, 0.3) is 0 Å². The minimum atomic E-state index is -1.38. The molecule has 0 radical (unpaired) electrons. The van der Waals surface area contributed by atoms with Crippen molar-refractivity contribution < 1.29 is 57.2 Å². The number of nitrogens with one attached hydrogen (secondary N) is 4. The Morgan fingerprint density at radius 3 is 1.37 bits per heavy atom. The number of carbonyl (C=O) groups is 6. The van der Waals surface area contributed by atoms with Crippen LogP contribution in [0.25, 0.3) is 0 Å². The summed E-state index contributed by atoms with van der Waals surface area (Å²) in [4.78, 5) is 95.5. The first-order valence-corrected chi connectivity index (χ1v) is 30.8. The SMILES string of the molecule is CN[C@@H](C)C(=O)NC(C(=O)N1CCC[C@H]1C1=N[C@@](Cc2cccc(Cl)c2)(C(=O)OC)CO1)[C@@H](C)OCc1cn(Cc2ccc(Cn3cc(CO[C@H](C)[C@H](NC(=O)[C@H](C)NC)C(=O)N4CCC[C@H]4C4=N[C@@](Cc5cccc(Cl)c5)(C(=O)OC)CO4)nn3)cc2)nn1. The number of likely N-dealkylation sites (N-methyl/N-ethyl adjacent to an activating group) is 2. The zero-order chi connectivity index (χ0) is 64.3. The summed E-state index contributed by atoms with van der Waals surface area (Å²) in [7, 11) is 5.90. The maximum Gasteiger partial charge on any atom is 0.337 e. The van der Waals surface area contributed by atoms with E-state index in [1.165, 1.54) is 14.2 Å². The van der Waals surface area contributed by atoms with Crippen LogP contribution in [0.1, 0.15) is 87.0 Å². The summed E-state index contributed by atoms with van der Waals surface area (Å²) < 4.78 is 38.6. The molecule has 26 nitrogen and oxygen atoms in total. The highest BCUT2D eigenvalue weighted by Gasteiger charge is 2.51. The van der Waals surface area contributed by atoms with Crippen molar-refractivity contribution in [2.24, 2.45) is 9.98 Å². The predicted octanol–water partition coefficient (Wildman–Crippen LogP) is 3.42. The fourth-order valence-corrected chi connectivity index (χ4v) is 11.8. The van der Waals surface area contributed by atoms with E-state index in [1.807, 2.05) is 36.4 Å². The van der Waals surface area contributed by atoms with Gasteiger partial charge in [0.2, 0.25) is 35.4 Å². The molecule has 28 heteroatoms. The first kappa shape index (κ1) is 66.5. The van der Waals surface area contributed by atoms with E-state index in [1.54, 1.807) is 110 Å². The summed E-state index contributed by atoms with van der Waals surface area (Å²) in [5.41, 5.74) is 1.66. The number of methoxy groups -OCH3 is 2. The minimum Gasteiger partial charge on any atom is -0.476 e. The van der Waals surface area contributed by atoms with Crippen LogP contribution in [-0.2, 0) is 96.3 Å². The molecule has 6 heterocycles. The van der Waals surface area contributed by atoms with Crippen LogP contribution in [0.15, 0.2) is 95.2 Å². The largest absolute Gasteiger partial charge is 0.476 e. The number of nitrogens with zero attached hydrogens (tertiary/aromatic N) is 10. The lowest BCUT2D eigenvalue weighted by Gasteiger charge is -2.32. The van der Waals surface area contributed by atoms with Gasteiger partial charge in [-0.2, -0.15) is 0 Å². The smallest absolute Gasteiger partial charge is 0.337 e. The Morgan fingerprint density at radius 1 is 0.600 bits per heavy atom. The van der Waals surface area contributed by atoms with Gasteiger partial charge < -0.3 is 59.5 Å². The van der Waals surface area contributed by atoms with Gasteiger partial charge in [0.05, 0.1) is 77.2 Å². The van der Waals surface area contributed by atoms with Gasteiger partial charge in [-0.3, -0.25) is 19.2 Å². The molecule has 1 unspecified atom stereocenters. The van der Waals surface area contributed by atoms with Crippen molar-refractivity contribution in [3.63, 3.8) is 0 Å². The normalized spacial score (nSPS) is 21.7. The Labute approximate surface area is 532 Å². The van der Waals surface area contributed by atoms with E-state index in [0.29, 0.717) is 73.3 Å². The van der Waals surface area contributed by atoms with Gasteiger partial charge >= 0.3 is 11.9 Å². The summed E-state index contributed by atoms with van der Waals surface area (Å²) in [6.07, 6.45) is 4.52. The van der Waals surface area contributed by atoms with Crippen LogP contribution in [0.3, 0.4) is 0 Å². The molecule has 4 aliphatic rings. The number of aliphatic imine (C=N–C) groups is 2. The maximum absolute atomic E-state index is 14.6. The van der Waals surface area contributed by atoms with Crippen LogP contribution in [0, 0.1) is 0 Å². The van der Waals surface area contributed by atoms with Crippen LogP contribution >= 0.6 is 23.2 Å². The quantitative estimate of drug-likeness (QED) is 0.0522. The molecule has 10 atom stereocenters.